The van der Waals surface area contributed by atoms with Crippen molar-refractivity contribution in [3.05, 3.63) is 0 Å². The third-order valence-corrected chi connectivity index (χ3v) is 5.35. The Labute approximate surface area is 113 Å². The molecule has 2 atom stereocenters. The van der Waals surface area contributed by atoms with Gasteiger partial charge in [0.15, 0.2) is 0 Å². The van der Waals surface area contributed by atoms with Crippen LogP contribution in [0, 0.1) is 5.92 Å². The van der Waals surface area contributed by atoms with Gasteiger partial charge in [0, 0.05) is 24.7 Å². The van der Waals surface area contributed by atoms with Crippen molar-refractivity contribution in [2.24, 2.45) is 5.92 Å². The predicted octanol–water partition coefficient (Wildman–Crippen LogP) is 3.17. The van der Waals surface area contributed by atoms with Gasteiger partial charge < -0.3 is 5.32 Å². The van der Waals surface area contributed by atoms with Crippen molar-refractivity contribution < 1.29 is 0 Å². The molecule has 0 aromatic rings. The van der Waals surface area contributed by atoms with Gasteiger partial charge in [-0.25, -0.2) is 0 Å². The second-order valence-electron chi connectivity index (χ2n) is 6.96. The molecule has 104 valence electrons. The second kappa shape index (κ2) is 5.92. The maximum Gasteiger partial charge on any atom is 0.0210 e. The minimum atomic E-state index is 0.782. The van der Waals surface area contributed by atoms with Gasteiger partial charge in [0.05, 0.1) is 0 Å². The molecule has 2 nitrogen and oxygen atoms in total. The molecule has 2 heteroatoms. The summed E-state index contributed by atoms with van der Waals surface area (Å²) >= 11 is 0. The summed E-state index contributed by atoms with van der Waals surface area (Å²) in [5.41, 5.74) is 0. The summed E-state index contributed by atoms with van der Waals surface area (Å²) in [7, 11) is 0. The molecule has 2 aliphatic carbocycles. The Balaban J connectivity index is 1.33. The van der Waals surface area contributed by atoms with Crippen LogP contribution in [-0.4, -0.2) is 36.1 Å². The van der Waals surface area contributed by atoms with E-state index in [0.29, 0.717) is 0 Å². The number of rotatable bonds is 5. The van der Waals surface area contributed by atoms with Gasteiger partial charge in [-0.3, -0.25) is 4.90 Å². The van der Waals surface area contributed by atoms with Crippen molar-refractivity contribution in [1.82, 2.24) is 10.2 Å². The summed E-state index contributed by atoms with van der Waals surface area (Å²) in [4.78, 5) is 2.75. The fraction of sp³-hybridized carbons (Fsp3) is 1.00. The van der Waals surface area contributed by atoms with Crippen LogP contribution in [0.2, 0.25) is 0 Å². The van der Waals surface area contributed by atoms with Gasteiger partial charge >= 0.3 is 0 Å². The number of hydrogen-bond acceptors (Lipinski definition) is 2. The molecule has 0 aromatic carbocycles. The first kappa shape index (κ1) is 12.9. The zero-order chi connectivity index (χ0) is 12.4. The first-order valence-corrected chi connectivity index (χ1v) is 8.32. The number of nitrogens with zero attached hydrogens (tertiary/aromatic N) is 1. The lowest BCUT2D eigenvalue weighted by molar-refractivity contribution is 0.254. The van der Waals surface area contributed by atoms with Crippen molar-refractivity contribution >= 4 is 0 Å². The lowest BCUT2D eigenvalue weighted by Gasteiger charge is -2.22. The normalized spacial score (nSPS) is 35.2. The maximum absolute atomic E-state index is 3.83. The van der Waals surface area contributed by atoms with E-state index < -0.39 is 0 Å². The minimum absolute atomic E-state index is 0.782. The first-order chi connectivity index (χ1) is 8.83. The molecule has 1 saturated heterocycles. The van der Waals surface area contributed by atoms with Crippen LogP contribution < -0.4 is 5.32 Å². The lowest BCUT2D eigenvalue weighted by Crippen LogP contribution is -2.35. The van der Waals surface area contributed by atoms with Crippen LogP contribution in [0.3, 0.4) is 0 Å². The van der Waals surface area contributed by atoms with E-state index in [2.05, 4.69) is 17.1 Å². The highest BCUT2D eigenvalue weighted by molar-refractivity contribution is 4.95. The van der Waals surface area contributed by atoms with Crippen LogP contribution in [0.4, 0.5) is 0 Å². The topological polar surface area (TPSA) is 15.3 Å². The van der Waals surface area contributed by atoms with Crippen LogP contribution >= 0.6 is 0 Å². The van der Waals surface area contributed by atoms with Crippen molar-refractivity contribution in [3.63, 3.8) is 0 Å². The van der Waals surface area contributed by atoms with Gasteiger partial charge in [-0.2, -0.15) is 0 Å². The monoisotopic (exact) mass is 250 g/mol. The standard InChI is InChI=1S/C16H30N2/c1-13-11-15(12-18(13)16-7-8-16)17-10-9-14-5-3-2-4-6-14/h13-17H,2-12H2,1H3. The van der Waals surface area contributed by atoms with E-state index in [4.69, 9.17) is 0 Å². The molecule has 2 saturated carbocycles. The van der Waals surface area contributed by atoms with Gasteiger partial charge in [-0.05, 0) is 45.1 Å². The fourth-order valence-electron chi connectivity index (χ4n) is 4.09. The van der Waals surface area contributed by atoms with Gasteiger partial charge in [0.2, 0.25) is 0 Å². The fourth-order valence-corrected chi connectivity index (χ4v) is 4.09. The molecular formula is C16H30N2. The Bertz CT molecular complexity index is 256. The van der Waals surface area contributed by atoms with E-state index >= 15 is 0 Å². The zero-order valence-electron chi connectivity index (χ0n) is 12.0. The van der Waals surface area contributed by atoms with E-state index in [9.17, 15) is 0 Å². The highest BCUT2D eigenvalue weighted by Gasteiger charge is 2.38. The molecule has 1 N–H and O–H groups in total. The van der Waals surface area contributed by atoms with E-state index in [-0.39, 0.29) is 0 Å². The van der Waals surface area contributed by atoms with Crippen molar-refractivity contribution in [1.29, 1.82) is 0 Å². The summed E-state index contributed by atoms with van der Waals surface area (Å²) in [6.07, 6.45) is 13.2. The zero-order valence-corrected chi connectivity index (χ0v) is 12.0. The Morgan fingerprint density at radius 2 is 1.83 bits per heavy atom. The Morgan fingerprint density at radius 1 is 1.06 bits per heavy atom. The molecule has 0 aromatic heterocycles. The second-order valence-corrected chi connectivity index (χ2v) is 6.96. The molecule has 0 bridgehead atoms. The van der Waals surface area contributed by atoms with Crippen molar-refractivity contribution in [3.8, 4) is 0 Å². The highest BCUT2D eigenvalue weighted by Crippen LogP contribution is 2.33. The molecular weight excluding hydrogens is 220 g/mol. The Hall–Kier alpha value is -0.0800. The lowest BCUT2D eigenvalue weighted by atomic mass is 9.87. The quantitative estimate of drug-likeness (QED) is 0.806. The average molecular weight is 250 g/mol. The van der Waals surface area contributed by atoms with Crippen LogP contribution in [-0.2, 0) is 0 Å². The Morgan fingerprint density at radius 3 is 2.56 bits per heavy atom. The third kappa shape index (κ3) is 3.27. The molecule has 3 fully saturated rings. The van der Waals surface area contributed by atoms with Gasteiger partial charge in [0.1, 0.15) is 0 Å². The third-order valence-electron chi connectivity index (χ3n) is 5.35. The van der Waals surface area contributed by atoms with Crippen LogP contribution in [0.1, 0.15) is 64.7 Å². The average Bonchev–Trinajstić information content (AvgIpc) is 3.15. The molecule has 3 aliphatic rings. The van der Waals surface area contributed by atoms with Crippen LogP contribution in [0.15, 0.2) is 0 Å². The smallest absolute Gasteiger partial charge is 0.0210 e. The van der Waals surface area contributed by atoms with Gasteiger partial charge in [-0.1, -0.05) is 32.1 Å². The highest BCUT2D eigenvalue weighted by atomic mass is 15.3. The van der Waals surface area contributed by atoms with E-state index in [1.165, 1.54) is 70.9 Å². The SMILES string of the molecule is CC1CC(NCCC2CCCCC2)CN1C1CC1. The van der Waals surface area contributed by atoms with Gasteiger partial charge in [0.25, 0.3) is 0 Å². The summed E-state index contributed by atoms with van der Waals surface area (Å²) in [6.45, 7) is 5.00. The molecule has 3 rings (SSSR count). The molecule has 0 spiro atoms. The molecule has 0 radical (unpaired) electrons. The predicted molar refractivity (Wildman–Crippen MR) is 76.8 cm³/mol. The molecule has 1 heterocycles. The number of nitrogens with one attached hydrogen (secondary N) is 1. The summed E-state index contributed by atoms with van der Waals surface area (Å²) in [5.74, 6) is 1.03. The molecule has 2 unspecified atom stereocenters. The Kier molecular flexibility index (Phi) is 4.25. The van der Waals surface area contributed by atoms with E-state index in [0.717, 1.165) is 24.0 Å². The van der Waals surface area contributed by atoms with Crippen LogP contribution in [0.5, 0.6) is 0 Å². The van der Waals surface area contributed by atoms with Gasteiger partial charge in [-0.15, -0.1) is 0 Å². The summed E-state index contributed by atoms with van der Waals surface area (Å²) in [5, 5.41) is 3.83. The van der Waals surface area contributed by atoms with E-state index in [1.807, 2.05) is 0 Å². The maximum atomic E-state index is 3.83. The summed E-state index contributed by atoms with van der Waals surface area (Å²) < 4.78 is 0. The summed E-state index contributed by atoms with van der Waals surface area (Å²) in [6, 6.07) is 2.55. The minimum Gasteiger partial charge on any atom is -0.313 e. The molecule has 1 aliphatic heterocycles. The van der Waals surface area contributed by atoms with Crippen molar-refractivity contribution in [2.75, 3.05) is 13.1 Å². The number of hydrogen-bond donors (Lipinski definition) is 1. The molecule has 18 heavy (non-hydrogen) atoms. The largest absolute Gasteiger partial charge is 0.313 e. The van der Waals surface area contributed by atoms with Crippen molar-refractivity contribution in [2.45, 2.75) is 82.8 Å². The van der Waals surface area contributed by atoms with Crippen LogP contribution in [0.25, 0.3) is 0 Å². The first-order valence-electron chi connectivity index (χ1n) is 8.32. The van der Waals surface area contributed by atoms with E-state index in [1.54, 1.807) is 0 Å². The molecule has 0 amide bonds. The number of likely N-dealkylation sites (tertiary alicyclic amines) is 1.